The van der Waals surface area contributed by atoms with Crippen molar-refractivity contribution in [3.63, 3.8) is 0 Å². The molecule has 0 aliphatic heterocycles. The van der Waals surface area contributed by atoms with Gasteiger partial charge >= 0.3 is 0 Å². The van der Waals surface area contributed by atoms with Gasteiger partial charge in [-0.05, 0) is 19.2 Å². The summed E-state index contributed by atoms with van der Waals surface area (Å²) in [6.45, 7) is 2.65. The van der Waals surface area contributed by atoms with E-state index in [0.717, 1.165) is 12.6 Å². The van der Waals surface area contributed by atoms with E-state index >= 15 is 0 Å². The standard InChI is InChI=1S/C12H18FN3O3/c1-15(7-8-19-2)6-5-14-11-4-3-10(13)9-12(11)16(17)18/h3-4,9,14H,5-8H2,1-2H3. The summed E-state index contributed by atoms with van der Waals surface area (Å²) in [7, 11) is 3.56. The zero-order chi connectivity index (χ0) is 14.3. The average Bonchev–Trinajstić information content (AvgIpc) is 2.37. The van der Waals surface area contributed by atoms with Crippen LogP contribution in [0.25, 0.3) is 0 Å². The monoisotopic (exact) mass is 271 g/mol. The van der Waals surface area contributed by atoms with Crippen LogP contribution in [0.5, 0.6) is 0 Å². The Morgan fingerprint density at radius 1 is 1.47 bits per heavy atom. The Morgan fingerprint density at radius 2 is 2.21 bits per heavy atom. The third-order valence-electron chi connectivity index (χ3n) is 2.64. The van der Waals surface area contributed by atoms with E-state index in [1.54, 1.807) is 7.11 Å². The van der Waals surface area contributed by atoms with Gasteiger partial charge in [0.1, 0.15) is 11.5 Å². The molecule has 7 heteroatoms. The zero-order valence-corrected chi connectivity index (χ0v) is 11.1. The molecule has 0 spiro atoms. The van der Waals surface area contributed by atoms with E-state index in [1.807, 2.05) is 11.9 Å². The molecule has 1 rings (SSSR count). The van der Waals surface area contributed by atoms with Crippen molar-refractivity contribution in [2.45, 2.75) is 0 Å². The SMILES string of the molecule is COCCN(C)CCNc1ccc(F)cc1[N+](=O)[O-]. The van der Waals surface area contributed by atoms with Crippen molar-refractivity contribution in [1.29, 1.82) is 0 Å². The molecule has 1 aromatic carbocycles. The molecule has 0 amide bonds. The fourth-order valence-corrected chi connectivity index (χ4v) is 1.55. The van der Waals surface area contributed by atoms with Crippen LogP contribution in [-0.4, -0.2) is 50.2 Å². The molecule has 0 aromatic heterocycles. The van der Waals surface area contributed by atoms with Gasteiger partial charge in [0.15, 0.2) is 0 Å². The molecule has 0 heterocycles. The molecule has 6 nitrogen and oxygen atoms in total. The van der Waals surface area contributed by atoms with Gasteiger partial charge in [0.25, 0.3) is 5.69 Å². The van der Waals surface area contributed by atoms with Gasteiger partial charge in [-0.1, -0.05) is 0 Å². The van der Waals surface area contributed by atoms with Crippen LogP contribution in [-0.2, 0) is 4.74 Å². The number of methoxy groups -OCH3 is 1. The second kappa shape index (κ2) is 7.65. The van der Waals surface area contributed by atoms with Crippen molar-refractivity contribution < 1.29 is 14.1 Å². The summed E-state index contributed by atoms with van der Waals surface area (Å²) in [4.78, 5) is 12.2. The maximum Gasteiger partial charge on any atom is 0.295 e. The summed E-state index contributed by atoms with van der Waals surface area (Å²) in [6, 6.07) is 3.49. The number of benzene rings is 1. The summed E-state index contributed by atoms with van der Waals surface area (Å²) in [6.07, 6.45) is 0. The topological polar surface area (TPSA) is 67.6 Å². The number of rotatable bonds is 8. The molecule has 0 saturated heterocycles. The van der Waals surface area contributed by atoms with Crippen molar-refractivity contribution in [2.75, 3.05) is 45.7 Å². The number of nitro benzene ring substituents is 1. The Bertz CT molecular complexity index is 429. The highest BCUT2D eigenvalue weighted by atomic mass is 19.1. The Balaban J connectivity index is 2.51. The summed E-state index contributed by atoms with van der Waals surface area (Å²) in [5.74, 6) is -0.616. The summed E-state index contributed by atoms with van der Waals surface area (Å²) < 4.78 is 17.9. The highest BCUT2D eigenvalue weighted by Crippen LogP contribution is 2.24. The van der Waals surface area contributed by atoms with Crippen LogP contribution in [0.3, 0.4) is 0 Å². The lowest BCUT2D eigenvalue weighted by atomic mass is 10.2. The Kier molecular flexibility index (Phi) is 6.17. The van der Waals surface area contributed by atoms with E-state index < -0.39 is 10.7 Å². The summed E-state index contributed by atoms with van der Waals surface area (Å²) in [5, 5.41) is 13.7. The van der Waals surface area contributed by atoms with Crippen LogP contribution in [0.15, 0.2) is 18.2 Å². The Labute approximate surface area is 111 Å². The lowest BCUT2D eigenvalue weighted by Crippen LogP contribution is -2.28. The number of nitro groups is 1. The predicted molar refractivity (Wildman–Crippen MR) is 70.9 cm³/mol. The molecule has 1 N–H and O–H groups in total. The molecule has 106 valence electrons. The third kappa shape index (κ3) is 5.19. The number of nitrogens with one attached hydrogen (secondary N) is 1. The highest BCUT2D eigenvalue weighted by molar-refractivity contribution is 5.61. The van der Waals surface area contributed by atoms with Crippen LogP contribution in [0.2, 0.25) is 0 Å². The quantitative estimate of drug-likeness (QED) is 0.576. The fraction of sp³-hybridized carbons (Fsp3) is 0.500. The van der Waals surface area contributed by atoms with Crippen LogP contribution in [0, 0.1) is 15.9 Å². The molecular formula is C12H18FN3O3. The molecule has 0 fully saturated rings. The zero-order valence-electron chi connectivity index (χ0n) is 11.1. The molecule has 0 radical (unpaired) electrons. The third-order valence-corrected chi connectivity index (χ3v) is 2.64. The average molecular weight is 271 g/mol. The molecule has 1 aromatic rings. The van der Waals surface area contributed by atoms with Crippen molar-refractivity contribution >= 4 is 11.4 Å². The first-order valence-corrected chi connectivity index (χ1v) is 5.90. The van der Waals surface area contributed by atoms with Crippen molar-refractivity contribution in [2.24, 2.45) is 0 Å². The van der Waals surface area contributed by atoms with Gasteiger partial charge in [-0.2, -0.15) is 0 Å². The minimum atomic E-state index is -0.616. The summed E-state index contributed by atoms with van der Waals surface area (Å²) in [5.41, 5.74) is 0.0751. The van der Waals surface area contributed by atoms with Gasteiger partial charge in [0, 0.05) is 26.7 Å². The first-order chi connectivity index (χ1) is 9.04. The Hall–Kier alpha value is -1.73. The lowest BCUT2D eigenvalue weighted by Gasteiger charge is -2.16. The van der Waals surface area contributed by atoms with E-state index in [0.29, 0.717) is 25.4 Å². The van der Waals surface area contributed by atoms with E-state index in [-0.39, 0.29) is 5.69 Å². The van der Waals surface area contributed by atoms with Crippen LogP contribution < -0.4 is 5.32 Å². The number of halogens is 1. The number of anilines is 1. The molecule has 19 heavy (non-hydrogen) atoms. The van der Waals surface area contributed by atoms with Crippen molar-refractivity contribution in [3.8, 4) is 0 Å². The number of likely N-dealkylation sites (N-methyl/N-ethyl adjacent to an activating group) is 1. The molecule has 0 bridgehead atoms. The summed E-state index contributed by atoms with van der Waals surface area (Å²) >= 11 is 0. The molecule has 0 aliphatic rings. The van der Waals surface area contributed by atoms with Gasteiger partial charge in [0.05, 0.1) is 17.6 Å². The first kappa shape index (κ1) is 15.3. The van der Waals surface area contributed by atoms with Gasteiger partial charge < -0.3 is 15.0 Å². The number of hydrogen-bond donors (Lipinski definition) is 1. The van der Waals surface area contributed by atoms with Crippen LogP contribution in [0.4, 0.5) is 15.8 Å². The maximum absolute atomic E-state index is 12.9. The minimum absolute atomic E-state index is 0.250. The normalized spacial score (nSPS) is 10.7. The van der Waals surface area contributed by atoms with Crippen LogP contribution >= 0.6 is 0 Å². The van der Waals surface area contributed by atoms with Crippen LogP contribution in [0.1, 0.15) is 0 Å². The van der Waals surface area contributed by atoms with Crippen molar-refractivity contribution in [1.82, 2.24) is 4.90 Å². The van der Waals surface area contributed by atoms with Gasteiger partial charge in [0.2, 0.25) is 0 Å². The molecule has 0 unspecified atom stereocenters. The molecular weight excluding hydrogens is 253 g/mol. The second-order valence-corrected chi connectivity index (χ2v) is 4.14. The van der Waals surface area contributed by atoms with Gasteiger partial charge in [-0.15, -0.1) is 0 Å². The van der Waals surface area contributed by atoms with E-state index in [9.17, 15) is 14.5 Å². The van der Waals surface area contributed by atoms with E-state index in [4.69, 9.17) is 4.74 Å². The molecule has 0 atom stereocenters. The number of ether oxygens (including phenoxy) is 1. The van der Waals surface area contributed by atoms with Gasteiger partial charge in [-0.25, -0.2) is 4.39 Å². The lowest BCUT2D eigenvalue weighted by molar-refractivity contribution is -0.384. The first-order valence-electron chi connectivity index (χ1n) is 5.90. The second-order valence-electron chi connectivity index (χ2n) is 4.14. The predicted octanol–water partition coefficient (Wildman–Crippen LogP) is 1.72. The molecule has 0 aliphatic carbocycles. The fourth-order valence-electron chi connectivity index (χ4n) is 1.55. The number of hydrogen-bond acceptors (Lipinski definition) is 5. The Morgan fingerprint density at radius 3 is 2.84 bits per heavy atom. The van der Waals surface area contributed by atoms with E-state index in [1.165, 1.54) is 12.1 Å². The van der Waals surface area contributed by atoms with E-state index in [2.05, 4.69) is 5.32 Å². The smallest absolute Gasteiger partial charge is 0.295 e. The largest absolute Gasteiger partial charge is 0.383 e. The number of nitrogens with zero attached hydrogens (tertiary/aromatic N) is 2. The maximum atomic E-state index is 12.9. The highest BCUT2D eigenvalue weighted by Gasteiger charge is 2.14. The van der Waals surface area contributed by atoms with Crippen molar-refractivity contribution in [3.05, 3.63) is 34.1 Å². The molecule has 0 saturated carbocycles. The minimum Gasteiger partial charge on any atom is -0.383 e. The van der Waals surface area contributed by atoms with Gasteiger partial charge in [-0.3, -0.25) is 10.1 Å².